The van der Waals surface area contributed by atoms with Crippen molar-refractivity contribution in [2.45, 2.75) is 13.0 Å². The largest absolute Gasteiger partial charge is 0.467 e. The zero-order valence-corrected chi connectivity index (χ0v) is 12.1. The molecule has 3 nitrogen and oxygen atoms in total. The highest BCUT2D eigenvalue weighted by Crippen LogP contribution is 2.27. The van der Waals surface area contributed by atoms with Crippen LogP contribution in [0.2, 0.25) is 5.02 Å². The number of hydrogen-bond acceptors (Lipinski definition) is 3. The van der Waals surface area contributed by atoms with Crippen molar-refractivity contribution < 1.29 is 9.53 Å². The van der Waals surface area contributed by atoms with Crippen molar-refractivity contribution in [1.29, 1.82) is 0 Å². The molecule has 0 aromatic heterocycles. The number of nitrogens with one attached hydrogen (secondary N) is 1. The van der Waals surface area contributed by atoms with Crippen molar-refractivity contribution in [2.75, 3.05) is 12.4 Å². The molecule has 104 valence electrons. The average Bonchev–Trinajstić information content (AvgIpc) is 2.47. The first-order valence-electron chi connectivity index (χ1n) is 6.27. The fraction of sp³-hybridized carbons (Fsp3) is 0.188. The lowest BCUT2D eigenvalue weighted by Gasteiger charge is -2.19. The first-order chi connectivity index (χ1) is 9.61. The van der Waals surface area contributed by atoms with Crippen molar-refractivity contribution in [1.82, 2.24) is 0 Å². The van der Waals surface area contributed by atoms with Gasteiger partial charge in [0.15, 0.2) is 6.04 Å². The summed E-state index contributed by atoms with van der Waals surface area (Å²) in [5.74, 6) is -0.376. The topological polar surface area (TPSA) is 38.3 Å². The van der Waals surface area contributed by atoms with Crippen molar-refractivity contribution in [3.05, 3.63) is 64.7 Å². The maximum atomic E-state index is 12.0. The molecule has 1 N–H and O–H groups in total. The summed E-state index contributed by atoms with van der Waals surface area (Å²) in [6, 6.07) is 14.4. The second-order valence-electron chi connectivity index (χ2n) is 4.49. The molecular weight excluding hydrogens is 274 g/mol. The molecule has 0 heterocycles. The van der Waals surface area contributed by atoms with Crippen LogP contribution in [0.4, 0.5) is 5.69 Å². The molecule has 2 rings (SSSR count). The molecule has 0 aliphatic carbocycles. The van der Waals surface area contributed by atoms with E-state index >= 15 is 0 Å². The lowest BCUT2D eigenvalue weighted by atomic mass is 10.1. The molecule has 0 bridgehead atoms. The van der Waals surface area contributed by atoms with E-state index in [-0.39, 0.29) is 5.97 Å². The molecule has 0 spiro atoms. The number of hydrogen-bond donors (Lipinski definition) is 1. The van der Waals surface area contributed by atoms with Crippen molar-refractivity contribution in [2.24, 2.45) is 0 Å². The number of ether oxygens (including phenoxy) is 1. The Kier molecular flexibility index (Phi) is 4.64. The molecule has 1 unspecified atom stereocenters. The smallest absolute Gasteiger partial charge is 0.333 e. The molecule has 0 saturated heterocycles. The number of anilines is 1. The standard InChI is InChI=1S/C16H16ClNO2/c1-11-7-9-12(10-8-11)18-15(16(19)20-2)13-5-3-4-6-14(13)17/h3-10,15,18H,1-2H3. The van der Waals surface area contributed by atoms with Crippen LogP contribution in [0, 0.1) is 6.92 Å². The molecule has 2 aromatic carbocycles. The number of carbonyl (C=O) groups excluding carboxylic acids is 1. The molecule has 0 radical (unpaired) electrons. The van der Waals surface area contributed by atoms with Crippen LogP contribution in [0.5, 0.6) is 0 Å². The van der Waals surface area contributed by atoms with Gasteiger partial charge in [-0.1, -0.05) is 47.5 Å². The number of methoxy groups -OCH3 is 1. The lowest BCUT2D eigenvalue weighted by Crippen LogP contribution is -2.22. The molecule has 0 fully saturated rings. The molecule has 2 aromatic rings. The summed E-state index contributed by atoms with van der Waals surface area (Å²) in [6.45, 7) is 2.01. The Bertz CT molecular complexity index is 596. The zero-order valence-electron chi connectivity index (χ0n) is 11.4. The Morgan fingerprint density at radius 3 is 2.40 bits per heavy atom. The van der Waals surface area contributed by atoms with Crippen molar-refractivity contribution in [3.8, 4) is 0 Å². The molecule has 0 aliphatic rings. The van der Waals surface area contributed by atoms with E-state index in [9.17, 15) is 4.79 Å². The van der Waals surface area contributed by atoms with Gasteiger partial charge in [0.05, 0.1) is 7.11 Å². The van der Waals surface area contributed by atoms with Gasteiger partial charge in [-0.25, -0.2) is 4.79 Å². The molecule has 20 heavy (non-hydrogen) atoms. The highest BCUT2D eigenvalue weighted by atomic mass is 35.5. The first kappa shape index (κ1) is 14.4. The van der Waals surface area contributed by atoms with E-state index < -0.39 is 6.04 Å². The molecule has 0 aliphatic heterocycles. The third-order valence-electron chi connectivity index (χ3n) is 3.02. The molecule has 4 heteroatoms. The fourth-order valence-corrected chi connectivity index (χ4v) is 2.15. The van der Waals surface area contributed by atoms with E-state index in [1.54, 1.807) is 6.07 Å². The van der Waals surface area contributed by atoms with Crippen LogP contribution in [-0.2, 0) is 9.53 Å². The quantitative estimate of drug-likeness (QED) is 0.866. The fourth-order valence-electron chi connectivity index (χ4n) is 1.91. The minimum absolute atomic E-state index is 0.376. The number of carbonyl (C=O) groups is 1. The summed E-state index contributed by atoms with van der Waals surface area (Å²) in [7, 11) is 1.36. The Hall–Kier alpha value is -2.00. The second-order valence-corrected chi connectivity index (χ2v) is 4.90. The maximum Gasteiger partial charge on any atom is 0.333 e. The van der Waals surface area contributed by atoms with Gasteiger partial charge in [-0.05, 0) is 25.1 Å². The first-order valence-corrected chi connectivity index (χ1v) is 6.65. The summed E-state index contributed by atoms with van der Waals surface area (Å²) < 4.78 is 4.86. The number of benzene rings is 2. The Balaban J connectivity index is 2.31. The van der Waals surface area contributed by atoms with E-state index in [0.717, 1.165) is 11.3 Å². The monoisotopic (exact) mass is 289 g/mol. The Morgan fingerprint density at radius 1 is 1.15 bits per heavy atom. The predicted molar refractivity (Wildman–Crippen MR) is 81.0 cm³/mol. The number of halogens is 1. The van der Waals surface area contributed by atoms with Gasteiger partial charge < -0.3 is 10.1 Å². The van der Waals surface area contributed by atoms with Crippen LogP contribution in [0.25, 0.3) is 0 Å². The van der Waals surface area contributed by atoms with Crippen molar-refractivity contribution >= 4 is 23.3 Å². The summed E-state index contributed by atoms with van der Waals surface area (Å²) in [5.41, 5.74) is 2.69. The normalized spacial score (nSPS) is 11.8. The lowest BCUT2D eigenvalue weighted by molar-refractivity contribution is -0.141. The SMILES string of the molecule is COC(=O)C(Nc1ccc(C)cc1)c1ccccc1Cl. The van der Waals surface area contributed by atoms with Gasteiger partial charge in [-0.2, -0.15) is 0 Å². The minimum atomic E-state index is -0.628. The van der Waals surface area contributed by atoms with Gasteiger partial charge in [0.25, 0.3) is 0 Å². The average molecular weight is 290 g/mol. The Labute approximate surface area is 123 Å². The van der Waals surface area contributed by atoms with Gasteiger partial charge in [0.1, 0.15) is 0 Å². The number of rotatable bonds is 4. The van der Waals surface area contributed by atoms with Crippen LogP contribution >= 0.6 is 11.6 Å². The van der Waals surface area contributed by atoms with E-state index in [4.69, 9.17) is 16.3 Å². The third kappa shape index (κ3) is 3.31. The Morgan fingerprint density at radius 2 is 1.80 bits per heavy atom. The van der Waals surface area contributed by atoms with E-state index in [2.05, 4.69) is 5.32 Å². The summed E-state index contributed by atoms with van der Waals surface area (Å²) in [4.78, 5) is 12.0. The zero-order chi connectivity index (χ0) is 14.5. The van der Waals surface area contributed by atoms with E-state index in [1.807, 2.05) is 49.4 Å². The van der Waals surface area contributed by atoms with Crippen LogP contribution in [0.3, 0.4) is 0 Å². The number of aryl methyl sites for hydroxylation is 1. The third-order valence-corrected chi connectivity index (χ3v) is 3.36. The summed E-state index contributed by atoms with van der Waals surface area (Å²) >= 11 is 6.16. The minimum Gasteiger partial charge on any atom is -0.467 e. The van der Waals surface area contributed by atoms with Crippen molar-refractivity contribution in [3.63, 3.8) is 0 Å². The summed E-state index contributed by atoms with van der Waals surface area (Å²) in [5, 5.41) is 3.69. The van der Waals surface area contributed by atoms with Gasteiger partial charge in [-0.15, -0.1) is 0 Å². The second kappa shape index (κ2) is 6.44. The van der Waals surface area contributed by atoms with E-state index in [1.165, 1.54) is 7.11 Å². The van der Waals surface area contributed by atoms with Crippen LogP contribution in [0.15, 0.2) is 48.5 Å². The highest BCUT2D eigenvalue weighted by Gasteiger charge is 2.23. The predicted octanol–water partition coefficient (Wildman–Crippen LogP) is 3.97. The highest BCUT2D eigenvalue weighted by molar-refractivity contribution is 6.31. The van der Waals surface area contributed by atoms with Crippen LogP contribution in [0.1, 0.15) is 17.2 Å². The van der Waals surface area contributed by atoms with Crippen LogP contribution in [-0.4, -0.2) is 13.1 Å². The van der Waals surface area contributed by atoms with Gasteiger partial charge in [-0.3, -0.25) is 0 Å². The summed E-state index contributed by atoms with van der Waals surface area (Å²) in [6.07, 6.45) is 0. The van der Waals surface area contributed by atoms with E-state index in [0.29, 0.717) is 10.6 Å². The number of esters is 1. The maximum absolute atomic E-state index is 12.0. The molecule has 0 saturated carbocycles. The molecular formula is C16H16ClNO2. The van der Waals surface area contributed by atoms with Gasteiger partial charge in [0, 0.05) is 16.3 Å². The van der Waals surface area contributed by atoms with Crippen LogP contribution < -0.4 is 5.32 Å². The van der Waals surface area contributed by atoms with Gasteiger partial charge in [0.2, 0.25) is 0 Å². The molecule has 1 atom stereocenters. The molecule has 0 amide bonds. The van der Waals surface area contributed by atoms with Gasteiger partial charge >= 0.3 is 5.97 Å².